The molecule has 0 aliphatic heterocycles. The van der Waals surface area contributed by atoms with Crippen LogP contribution in [0.15, 0.2) is 42.5 Å². The lowest BCUT2D eigenvalue weighted by Gasteiger charge is -2.04. The van der Waals surface area contributed by atoms with Gasteiger partial charge in [-0.05, 0) is 28.8 Å². The van der Waals surface area contributed by atoms with E-state index in [9.17, 15) is 0 Å². The second-order valence-corrected chi connectivity index (χ2v) is 4.54. The Labute approximate surface area is 110 Å². The Bertz CT molecular complexity index is 489. The Kier molecular flexibility index (Phi) is 3.75. The minimum absolute atomic E-state index is 0.529. The van der Waals surface area contributed by atoms with E-state index in [1.807, 2.05) is 36.4 Å². The third-order valence-corrected chi connectivity index (χ3v) is 3.41. The van der Waals surface area contributed by atoms with Gasteiger partial charge in [-0.1, -0.05) is 53.5 Å². The zero-order chi connectivity index (χ0) is 11.5. The van der Waals surface area contributed by atoms with Crippen LogP contribution in [-0.4, -0.2) is 0 Å². The molecule has 0 bridgehead atoms. The van der Waals surface area contributed by atoms with Gasteiger partial charge in [0.2, 0.25) is 0 Å². The van der Waals surface area contributed by atoms with E-state index in [4.69, 9.17) is 34.8 Å². The molecule has 2 rings (SSSR count). The van der Waals surface area contributed by atoms with Crippen molar-refractivity contribution >= 4 is 34.8 Å². The highest BCUT2D eigenvalue weighted by atomic mass is 35.5. The van der Waals surface area contributed by atoms with E-state index in [1.54, 1.807) is 6.07 Å². The Hall–Kier alpha value is -0.690. The lowest BCUT2D eigenvalue weighted by atomic mass is 10.0. The minimum atomic E-state index is 0.529. The van der Waals surface area contributed by atoms with E-state index >= 15 is 0 Å². The first-order valence-corrected chi connectivity index (χ1v) is 6.10. The lowest BCUT2D eigenvalue weighted by Crippen LogP contribution is -1.81. The molecule has 0 saturated heterocycles. The Morgan fingerprint density at radius 2 is 1.38 bits per heavy atom. The molecule has 0 aromatic heterocycles. The van der Waals surface area contributed by atoms with Gasteiger partial charge < -0.3 is 0 Å². The number of halogens is 3. The third kappa shape index (κ3) is 2.52. The Balaban J connectivity index is 2.38. The van der Waals surface area contributed by atoms with Crippen LogP contribution in [0, 0.1) is 0 Å². The predicted molar refractivity (Wildman–Crippen MR) is 71.5 cm³/mol. The molecule has 0 nitrogen and oxygen atoms in total. The Morgan fingerprint density at radius 1 is 0.750 bits per heavy atom. The van der Waals surface area contributed by atoms with Gasteiger partial charge in [0.1, 0.15) is 0 Å². The first-order valence-electron chi connectivity index (χ1n) is 4.81. The molecular weight excluding hydrogens is 263 g/mol. The maximum absolute atomic E-state index is 5.97. The summed E-state index contributed by atoms with van der Waals surface area (Å²) in [5, 5.41) is 1.14. The van der Waals surface area contributed by atoms with Crippen molar-refractivity contribution in [3.8, 4) is 11.1 Å². The molecule has 2 aromatic carbocycles. The van der Waals surface area contributed by atoms with Crippen LogP contribution in [0.25, 0.3) is 11.1 Å². The average molecular weight is 272 g/mol. The molecule has 16 heavy (non-hydrogen) atoms. The molecule has 0 unspecified atom stereocenters. The summed E-state index contributed by atoms with van der Waals surface area (Å²) in [5.41, 5.74) is 3.26. The highest BCUT2D eigenvalue weighted by Crippen LogP contribution is 2.28. The summed E-state index contributed by atoms with van der Waals surface area (Å²) < 4.78 is 0. The lowest BCUT2D eigenvalue weighted by molar-refractivity contribution is 1.40. The fourth-order valence-corrected chi connectivity index (χ4v) is 1.94. The summed E-state index contributed by atoms with van der Waals surface area (Å²) in [7, 11) is 0. The molecule has 0 N–H and O–H groups in total. The number of benzene rings is 2. The van der Waals surface area contributed by atoms with E-state index in [-0.39, 0.29) is 0 Å². The second kappa shape index (κ2) is 5.09. The van der Waals surface area contributed by atoms with E-state index in [1.165, 1.54) is 0 Å². The van der Waals surface area contributed by atoms with Crippen LogP contribution in [0.3, 0.4) is 0 Å². The van der Waals surface area contributed by atoms with Crippen LogP contribution in [-0.2, 0) is 5.88 Å². The number of rotatable bonds is 2. The van der Waals surface area contributed by atoms with Gasteiger partial charge in [0.15, 0.2) is 0 Å². The molecule has 0 saturated carbocycles. The fourth-order valence-electron chi connectivity index (χ4n) is 1.46. The molecule has 0 aliphatic carbocycles. The van der Waals surface area contributed by atoms with Crippen LogP contribution in [0.2, 0.25) is 10.0 Å². The van der Waals surface area contributed by atoms with E-state index in [2.05, 4.69) is 0 Å². The fraction of sp³-hybridized carbons (Fsp3) is 0.0769. The van der Waals surface area contributed by atoms with Gasteiger partial charge in [-0.25, -0.2) is 0 Å². The van der Waals surface area contributed by atoms with E-state index in [0.29, 0.717) is 15.9 Å². The van der Waals surface area contributed by atoms with Gasteiger partial charge in [0.25, 0.3) is 0 Å². The summed E-state index contributed by atoms with van der Waals surface area (Å²) in [5.74, 6) is 0.529. The van der Waals surface area contributed by atoms with Crippen molar-refractivity contribution < 1.29 is 0 Å². The molecular formula is C13H9Cl3. The maximum atomic E-state index is 5.97. The van der Waals surface area contributed by atoms with Crippen molar-refractivity contribution in [3.63, 3.8) is 0 Å². The molecule has 2 aromatic rings. The normalized spacial score (nSPS) is 10.4. The monoisotopic (exact) mass is 270 g/mol. The minimum Gasteiger partial charge on any atom is -0.122 e. The second-order valence-electron chi connectivity index (χ2n) is 3.46. The van der Waals surface area contributed by atoms with Crippen LogP contribution >= 0.6 is 34.8 Å². The molecule has 0 spiro atoms. The highest BCUT2D eigenvalue weighted by molar-refractivity contribution is 6.42. The van der Waals surface area contributed by atoms with E-state index < -0.39 is 0 Å². The van der Waals surface area contributed by atoms with Gasteiger partial charge in [-0.15, -0.1) is 11.6 Å². The summed E-state index contributed by atoms with van der Waals surface area (Å²) in [6, 6.07) is 13.7. The smallest absolute Gasteiger partial charge is 0.0598 e. The summed E-state index contributed by atoms with van der Waals surface area (Å²) in [6.07, 6.45) is 0. The zero-order valence-corrected chi connectivity index (χ0v) is 10.7. The molecule has 0 fully saturated rings. The quantitative estimate of drug-likeness (QED) is 0.642. The molecule has 82 valence electrons. The first-order chi connectivity index (χ1) is 7.70. The van der Waals surface area contributed by atoms with Crippen molar-refractivity contribution in [3.05, 3.63) is 58.1 Å². The van der Waals surface area contributed by atoms with Crippen molar-refractivity contribution in [1.82, 2.24) is 0 Å². The molecule has 0 atom stereocenters. The van der Waals surface area contributed by atoms with Gasteiger partial charge in [-0.2, -0.15) is 0 Å². The van der Waals surface area contributed by atoms with Gasteiger partial charge in [0.05, 0.1) is 10.0 Å². The van der Waals surface area contributed by atoms with Gasteiger partial charge in [0, 0.05) is 5.88 Å². The SMILES string of the molecule is ClCc1ccc(-c2ccc(Cl)c(Cl)c2)cc1. The van der Waals surface area contributed by atoms with Crippen LogP contribution in [0.1, 0.15) is 5.56 Å². The number of hydrogen-bond donors (Lipinski definition) is 0. The molecule has 0 aliphatic rings. The van der Waals surface area contributed by atoms with Crippen molar-refractivity contribution in [2.75, 3.05) is 0 Å². The maximum Gasteiger partial charge on any atom is 0.0598 e. The van der Waals surface area contributed by atoms with Crippen LogP contribution in [0.5, 0.6) is 0 Å². The van der Waals surface area contributed by atoms with Crippen molar-refractivity contribution in [2.45, 2.75) is 5.88 Å². The summed E-state index contributed by atoms with van der Waals surface area (Å²) in [4.78, 5) is 0. The average Bonchev–Trinajstić information content (AvgIpc) is 2.33. The topological polar surface area (TPSA) is 0 Å². The van der Waals surface area contributed by atoms with Gasteiger partial charge in [-0.3, -0.25) is 0 Å². The standard InChI is InChI=1S/C13H9Cl3/c14-8-9-1-3-10(4-2-9)11-5-6-12(15)13(16)7-11/h1-7H,8H2. The predicted octanol–water partition coefficient (Wildman–Crippen LogP) is 5.40. The first kappa shape index (κ1) is 11.8. The largest absolute Gasteiger partial charge is 0.122 e. The molecule has 0 heterocycles. The molecule has 3 heteroatoms. The molecule has 0 radical (unpaired) electrons. The summed E-state index contributed by atoms with van der Waals surface area (Å²) >= 11 is 17.6. The molecule has 0 amide bonds. The number of hydrogen-bond acceptors (Lipinski definition) is 0. The van der Waals surface area contributed by atoms with Crippen LogP contribution in [0.4, 0.5) is 0 Å². The number of alkyl halides is 1. The third-order valence-electron chi connectivity index (χ3n) is 2.36. The van der Waals surface area contributed by atoms with Crippen molar-refractivity contribution in [1.29, 1.82) is 0 Å². The van der Waals surface area contributed by atoms with Crippen LogP contribution < -0.4 is 0 Å². The van der Waals surface area contributed by atoms with Gasteiger partial charge >= 0.3 is 0 Å². The zero-order valence-electron chi connectivity index (χ0n) is 8.38. The van der Waals surface area contributed by atoms with E-state index in [0.717, 1.165) is 16.7 Å². The Morgan fingerprint density at radius 3 is 1.94 bits per heavy atom. The summed E-state index contributed by atoms with van der Waals surface area (Å²) in [6.45, 7) is 0. The highest BCUT2D eigenvalue weighted by Gasteiger charge is 2.01. The van der Waals surface area contributed by atoms with Crippen molar-refractivity contribution in [2.24, 2.45) is 0 Å².